The zero-order valence-corrected chi connectivity index (χ0v) is 13.1. The molecule has 3 N–H and O–H groups in total. The van der Waals surface area contributed by atoms with Gasteiger partial charge in [0.1, 0.15) is 10.7 Å². The molecule has 0 fully saturated rings. The van der Waals surface area contributed by atoms with Gasteiger partial charge in [-0.25, -0.2) is 12.8 Å². The van der Waals surface area contributed by atoms with E-state index in [-0.39, 0.29) is 11.6 Å². The molecule has 118 valence electrons. The first-order chi connectivity index (χ1) is 9.74. The normalized spacial score (nSPS) is 13.0. The minimum absolute atomic E-state index is 0.204. The maximum Gasteiger partial charge on any atom is 0.246 e. The van der Waals surface area contributed by atoms with E-state index in [1.54, 1.807) is 13.8 Å². The van der Waals surface area contributed by atoms with Gasteiger partial charge in [0, 0.05) is 13.1 Å². The molecule has 0 bridgehead atoms. The van der Waals surface area contributed by atoms with Crippen molar-refractivity contribution in [1.82, 2.24) is 9.62 Å². The van der Waals surface area contributed by atoms with Gasteiger partial charge in [-0.3, -0.25) is 4.79 Å². The van der Waals surface area contributed by atoms with Gasteiger partial charge in [-0.2, -0.15) is 4.72 Å². The number of carbonyl (C=O) groups is 1. The topological polar surface area (TPSA) is 92.5 Å². The van der Waals surface area contributed by atoms with Crippen LogP contribution in [-0.2, 0) is 14.8 Å². The number of halogens is 1. The zero-order valence-electron chi connectivity index (χ0n) is 12.3. The monoisotopic (exact) mass is 317 g/mol. The molecule has 1 aromatic rings. The lowest BCUT2D eigenvalue weighted by Gasteiger charge is -2.23. The summed E-state index contributed by atoms with van der Waals surface area (Å²) in [5, 5.41) is 0. The van der Waals surface area contributed by atoms with Crippen molar-refractivity contribution in [2.75, 3.05) is 18.8 Å². The highest BCUT2D eigenvalue weighted by molar-refractivity contribution is 7.89. The minimum Gasteiger partial charge on any atom is -0.398 e. The van der Waals surface area contributed by atoms with Gasteiger partial charge >= 0.3 is 0 Å². The Balaban J connectivity index is 3.03. The van der Waals surface area contributed by atoms with Crippen LogP contribution in [0.25, 0.3) is 0 Å². The molecule has 0 aliphatic rings. The second kappa shape index (κ2) is 6.86. The van der Waals surface area contributed by atoms with Gasteiger partial charge in [0.25, 0.3) is 0 Å². The van der Waals surface area contributed by atoms with Crippen molar-refractivity contribution < 1.29 is 17.6 Å². The van der Waals surface area contributed by atoms with Crippen LogP contribution < -0.4 is 10.5 Å². The van der Waals surface area contributed by atoms with Crippen LogP contribution in [0.1, 0.15) is 20.8 Å². The summed E-state index contributed by atoms with van der Waals surface area (Å²) in [6.45, 7) is 5.91. The highest BCUT2D eigenvalue weighted by atomic mass is 32.2. The Morgan fingerprint density at radius 1 is 1.38 bits per heavy atom. The largest absolute Gasteiger partial charge is 0.398 e. The molecule has 21 heavy (non-hydrogen) atoms. The second-order valence-electron chi connectivity index (χ2n) is 4.51. The molecule has 0 aliphatic carbocycles. The SMILES string of the molecule is CCN(CC)C(=O)C(C)NS(=O)(=O)c1c(N)cccc1F. The Bertz CT molecular complexity index is 595. The number of rotatable bonds is 6. The Morgan fingerprint density at radius 3 is 2.43 bits per heavy atom. The quantitative estimate of drug-likeness (QED) is 0.764. The van der Waals surface area contributed by atoms with Crippen LogP contribution in [0, 0.1) is 5.82 Å². The van der Waals surface area contributed by atoms with E-state index in [9.17, 15) is 17.6 Å². The molecule has 0 saturated carbocycles. The van der Waals surface area contributed by atoms with Crippen LogP contribution in [0.5, 0.6) is 0 Å². The molecule has 0 aliphatic heterocycles. The maximum absolute atomic E-state index is 13.7. The zero-order chi connectivity index (χ0) is 16.2. The number of hydrogen-bond donors (Lipinski definition) is 2. The van der Waals surface area contributed by atoms with E-state index in [0.717, 1.165) is 6.07 Å². The van der Waals surface area contributed by atoms with Crippen molar-refractivity contribution >= 4 is 21.6 Å². The number of nitrogens with one attached hydrogen (secondary N) is 1. The van der Waals surface area contributed by atoms with Gasteiger partial charge in [-0.15, -0.1) is 0 Å². The molecule has 0 aromatic heterocycles. The third-order valence-electron chi connectivity index (χ3n) is 3.04. The van der Waals surface area contributed by atoms with Gasteiger partial charge in [0.2, 0.25) is 15.9 Å². The van der Waals surface area contributed by atoms with Crippen LogP contribution in [-0.4, -0.2) is 38.4 Å². The number of amides is 1. The molecule has 1 amide bonds. The number of nitrogens with two attached hydrogens (primary N) is 1. The summed E-state index contributed by atoms with van der Waals surface area (Å²) >= 11 is 0. The molecular formula is C13H20FN3O3S. The summed E-state index contributed by atoms with van der Waals surface area (Å²) in [6.07, 6.45) is 0. The lowest BCUT2D eigenvalue weighted by molar-refractivity contribution is -0.132. The van der Waals surface area contributed by atoms with Gasteiger partial charge in [-0.05, 0) is 32.9 Å². The Morgan fingerprint density at radius 2 is 1.95 bits per heavy atom. The number of anilines is 1. The van der Waals surface area contributed by atoms with Crippen LogP contribution in [0.15, 0.2) is 23.1 Å². The molecule has 1 aromatic carbocycles. The fourth-order valence-corrected chi connectivity index (χ4v) is 3.35. The lowest BCUT2D eigenvalue weighted by atomic mass is 10.3. The van der Waals surface area contributed by atoms with Crippen molar-refractivity contribution in [2.24, 2.45) is 0 Å². The summed E-state index contributed by atoms with van der Waals surface area (Å²) in [4.78, 5) is 12.9. The number of hydrogen-bond acceptors (Lipinski definition) is 4. The van der Waals surface area contributed by atoms with Crippen molar-refractivity contribution in [1.29, 1.82) is 0 Å². The molecule has 6 nitrogen and oxygen atoms in total. The Hall–Kier alpha value is -1.67. The van der Waals surface area contributed by atoms with Crippen LogP contribution in [0.4, 0.5) is 10.1 Å². The summed E-state index contributed by atoms with van der Waals surface area (Å²) in [6, 6.07) is 2.60. The second-order valence-corrected chi connectivity index (χ2v) is 6.16. The van der Waals surface area contributed by atoms with E-state index in [2.05, 4.69) is 4.72 Å². The van der Waals surface area contributed by atoms with Crippen LogP contribution >= 0.6 is 0 Å². The molecule has 0 spiro atoms. The highest BCUT2D eigenvalue weighted by Gasteiger charge is 2.28. The Labute approximate surface area is 124 Å². The van der Waals surface area contributed by atoms with E-state index in [1.165, 1.54) is 24.0 Å². The van der Waals surface area contributed by atoms with Crippen molar-refractivity contribution in [3.05, 3.63) is 24.0 Å². The molecule has 0 heterocycles. The third-order valence-corrected chi connectivity index (χ3v) is 4.68. The predicted molar refractivity (Wildman–Crippen MR) is 78.5 cm³/mol. The fraction of sp³-hybridized carbons (Fsp3) is 0.462. The van der Waals surface area contributed by atoms with E-state index in [1.807, 2.05) is 0 Å². The van der Waals surface area contributed by atoms with Gasteiger partial charge in [0.15, 0.2) is 0 Å². The third kappa shape index (κ3) is 3.92. The van der Waals surface area contributed by atoms with Crippen LogP contribution in [0.3, 0.4) is 0 Å². The number of benzene rings is 1. The molecule has 0 radical (unpaired) electrons. The number of nitrogens with zero attached hydrogens (tertiary/aromatic N) is 1. The summed E-state index contributed by atoms with van der Waals surface area (Å²) in [5.41, 5.74) is 5.31. The number of carbonyl (C=O) groups excluding carboxylic acids is 1. The molecule has 1 unspecified atom stereocenters. The molecular weight excluding hydrogens is 297 g/mol. The fourth-order valence-electron chi connectivity index (χ4n) is 1.96. The minimum atomic E-state index is -4.21. The van der Waals surface area contributed by atoms with Gasteiger partial charge in [0.05, 0.1) is 11.7 Å². The Kier molecular flexibility index (Phi) is 5.68. The van der Waals surface area contributed by atoms with E-state index in [4.69, 9.17) is 5.73 Å². The average molecular weight is 317 g/mol. The summed E-state index contributed by atoms with van der Waals surface area (Å²) in [7, 11) is -4.21. The first-order valence-electron chi connectivity index (χ1n) is 6.59. The van der Waals surface area contributed by atoms with E-state index >= 15 is 0 Å². The molecule has 1 rings (SSSR count). The van der Waals surface area contributed by atoms with Gasteiger partial charge in [-0.1, -0.05) is 6.07 Å². The van der Waals surface area contributed by atoms with Crippen molar-refractivity contribution in [3.8, 4) is 0 Å². The predicted octanol–water partition coefficient (Wildman–Crippen LogP) is 0.943. The molecule has 1 atom stereocenters. The average Bonchev–Trinajstić information content (AvgIpc) is 2.38. The number of likely N-dealkylation sites (N-methyl/N-ethyl adjacent to an activating group) is 1. The van der Waals surface area contributed by atoms with Crippen molar-refractivity contribution in [3.63, 3.8) is 0 Å². The number of nitrogen functional groups attached to an aromatic ring is 1. The van der Waals surface area contributed by atoms with E-state index in [0.29, 0.717) is 13.1 Å². The van der Waals surface area contributed by atoms with Crippen LogP contribution in [0.2, 0.25) is 0 Å². The lowest BCUT2D eigenvalue weighted by Crippen LogP contribution is -2.47. The summed E-state index contributed by atoms with van der Waals surface area (Å²) < 4.78 is 40.2. The summed E-state index contributed by atoms with van der Waals surface area (Å²) in [5.74, 6) is -1.33. The molecule has 0 saturated heterocycles. The highest BCUT2D eigenvalue weighted by Crippen LogP contribution is 2.21. The first kappa shape index (κ1) is 17.4. The smallest absolute Gasteiger partial charge is 0.246 e. The molecule has 8 heteroatoms. The standard InChI is InChI=1S/C13H20FN3O3S/c1-4-17(5-2)13(18)9(3)16-21(19,20)12-10(14)7-6-8-11(12)15/h6-9,16H,4-5,15H2,1-3H3. The number of sulfonamides is 1. The van der Waals surface area contributed by atoms with Gasteiger partial charge < -0.3 is 10.6 Å². The first-order valence-corrected chi connectivity index (χ1v) is 8.08. The van der Waals surface area contributed by atoms with Crippen molar-refractivity contribution in [2.45, 2.75) is 31.7 Å². The van der Waals surface area contributed by atoms with E-state index < -0.39 is 26.8 Å². The maximum atomic E-state index is 13.7.